The minimum absolute atomic E-state index is 0.0354. The van der Waals surface area contributed by atoms with E-state index < -0.39 is 104 Å². The van der Waals surface area contributed by atoms with Crippen molar-refractivity contribution in [2.45, 2.75) is 197 Å². The first-order valence-electron chi connectivity index (χ1n) is 23.3. The van der Waals surface area contributed by atoms with Gasteiger partial charge in [-0.25, -0.2) is 0 Å². The summed E-state index contributed by atoms with van der Waals surface area (Å²) in [7, 11) is 3.21. The Morgan fingerprint density at radius 1 is 0.952 bits per heavy atom. The van der Waals surface area contributed by atoms with E-state index in [0.29, 0.717) is 55.9 Å². The van der Waals surface area contributed by atoms with E-state index in [4.69, 9.17) is 47.4 Å². The maximum atomic E-state index is 14.4. The largest absolute Gasteiger partial charge is 0.462 e. The van der Waals surface area contributed by atoms with E-state index in [1.807, 2.05) is 32.9 Å². The molecule has 0 amide bonds. The lowest BCUT2D eigenvalue weighted by Crippen LogP contribution is -2.59. The number of fused-ring (bicyclic) bond motifs is 2. The van der Waals surface area contributed by atoms with Crippen molar-refractivity contribution in [3.63, 3.8) is 0 Å². The second-order valence-electron chi connectivity index (χ2n) is 19.3. The number of aliphatic hydroxyl groups excluding tert-OH is 3. The maximum Gasteiger partial charge on any atom is 0.316 e. The number of allylic oxidation sites excluding steroid dienone is 2. The van der Waals surface area contributed by atoms with Gasteiger partial charge in [-0.05, 0) is 62.2 Å². The molecular weight excluding hydrogens is 817 g/mol. The van der Waals surface area contributed by atoms with Crippen LogP contribution in [-0.2, 0) is 52.2 Å². The highest BCUT2D eigenvalue weighted by molar-refractivity contribution is 5.78. The van der Waals surface area contributed by atoms with Crippen molar-refractivity contribution in [1.82, 2.24) is 0 Å². The monoisotopic (exact) mass is 891 g/mol. The summed E-state index contributed by atoms with van der Waals surface area (Å²) in [5.41, 5.74) is -0.377. The van der Waals surface area contributed by atoms with E-state index in [1.54, 1.807) is 27.2 Å². The average molecular weight is 891 g/mol. The van der Waals surface area contributed by atoms with Crippen LogP contribution in [0.15, 0.2) is 47.1 Å². The Labute approximate surface area is 373 Å². The topological polar surface area (TPSA) is 190 Å². The van der Waals surface area contributed by atoms with Crippen LogP contribution in [0.4, 0.5) is 0 Å². The van der Waals surface area contributed by atoms with Crippen LogP contribution in [0.1, 0.15) is 99.8 Å². The fourth-order valence-electron chi connectivity index (χ4n) is 11.0. The first kappa shape index (κ1) is 48.8. The van der Waals surface area contributed by atoms with Crippen LogP contribution in [0.2, 0.25) is 0 Å². The number of methoxy groups -OCH3 is 2. The highest BCUT2D eigenvalue weighted by Gasteiger charge is 2.60. The van der Waals surface area contributed by atoms with Gasteiger partial charge in [0.1, 0.15) is 42.0 Å². The third kappa shape index (κ3) is 10.1. The third-order valence-corrected chi connectivity index (χ3v) is 15.0. The van der Waals surface area contributed by atoms with Gasteiger partial charge in [0.15, 0.2) is 18.4 Å². The standard InChI is InChI=1S/C48H74O15/c1-10-25(2)43-28(5)16-17-47(63-43)22-34-19-33(62-47)15-14-27(4)42(60-39-21-37(55-9)44(30(7)58-39)61-38-20-36(54-8)40(50)29(6)57-38)26(3)12-11-13-32-24-56-45-41(51)31(23-49)18-35(46(52)59-34)48(32,45)53/h11-14,18,25-26,28-30,33-45,49-51,53H,10,15-17,19-24H2,1-9H3/b12-11+,27-14+,32-13-/t25-,26+,28+,29+,30+,33-,34+,35+,36+,37+,38+,39+,40+,41-,42+,43-,44+,45-,47-,48-/m1/s1. The van der Waals surface area contributed by atoms with Gasteiger partial charge in [-0.2, -0.15) is 0 Å². The predicted molar refractivity (Wildman–Crippen MR) is 229 cm³/mol. The Morgan fingerprint density at radius 2 is 1.67 bits per heavy atom. The molecule has 4 N–H and O–H groups in total. The molecule has 356 valence electrons. The van der Waals surface area contributed by atoms with Gasteiger partial charge in [-0.15, -0.1) is 0 Å². The molecule has 0 radical (unpaired) electrons. The maximum absolute atomic E-state index is 14.4. The molecule has 6 heterocycles. The van der Waals surface area contributed by atoms with Gasteiger partial charge in [-0.3, -0.25) is 4.79 Å². The van der Waals surface area contributed by atoms with Crippen LogP contribution in [0.5, 0.6) is 0 Å². The highest BCUT2D eigenvalue weighted by Crippen LogP contribution is 2.48. The Balaban J connectivity index is 1.19. The molecule has 1 aliphatic carbocycles. The van der Waals surface area contributed by atoms with E-state index in [-0.39, 0.29) is 30.3 Å². The van der Waals surface area contributed by atoms with E-state index in [0.717, 1.165) is 18.4 Å². The second-order valence-corrected chi connectivity index (χ2v) is 19.3. The Morgan fingerprint density at radius 3 is 2.38 bits per heavy atom. The summed E-state index contributed by atoms with van der Waals surface area (Å²) >= 11 is 0. The van der Waals surface area contributed by atoms with Gasteiger partial charge in [0.2, 0.25) is 0 Å². The zero-order chi connectivity index (χ0) is 45.4. The highest BCUT2D eigenvalue weighted by atomic mass is 16.7. The van der Waals surface area contributed by atoms with Crippen molar-refractivity contribution < 1.29 is 72.6 Å². The van der Waals surface area contributed by atoms with Crippen molar-refractivity contribution in [1.29, 1.82) is 0 Å². The molecule has 7 rings (SSSR count). The van der Waals surface area contributed by atoms with Gasteiger partial charge in [0.25, 0.3) is 0 Å². The summed E-state index contributed by atoms with van der Waals surface area (Å²) in [5.74, 6) is -2.48. The minimum atomic E-state index is -1.93. The molecule has 1 spiro atoms. The number of hydrogen-bond donors (Lipinski definition) is 4. The lowest BCUT2D eigenvalue weighted by atomic mass is 9.70. The molecular formula is C48H74O15. The zero-order valence-corrected chi connectivity index (χ0v) is 38.6. The first-order valence-corrected chi connectivity index (χ1v) is 23.3. The molecule has 15 heteroatoms. The Kier molecular flexibility index (Phi) is 15.8. The molecule has 7 aliphatic rings. The summed E-state index contributed by atoms with van der Waals surface area (Å²) in [5, 5.41) is 44.5. The summed E-state index contributed by atoms with van der Waals surface area (Å²) in [6.07, 6.45) is 5.30. The number of aliphatic hydroxyl groups is 4. The molecule has 20 atom stereocenters. The summed E-state index contributed by atoms with van der Waals surface area (Å²) in [4.78, 5) is 14.4. The molecule has 0 aromatic carbocycles. The van der Waals surface area contributed by atoms with Crippen LogP contribution in [0.25, 0.3) is 0 Å². The third-order valence-electron chi connectivity index (χ3n) is 15.0. The number of ether oxygens (including phenoxy) is 10. The predicted octanol–water partition coefficient (Wildman–Crippen LogP) is 4.57. The van der Waals surface area contributed by atoms with E-state index in [2.05, 4.69) is 26.8 Å². The number of esters is 1. The SMILES string of the molecule is CC[C@@H](C)[C@H]1O[C@]2(CC[C@@H]1C)C[C@@H]1C[C@@H](C/C=C(\C)[C@@H](O[C@H]3C[C@H](OC)[C@@H](O[C@H]4C[C@H](OC)[C@@H](O)[C@H](C)O4)[C@H](C)O3)[C@@H](C)/C=C/C=C3/CO[C@@H]4[C@H](O)C(CO)=C[C@@H](C(=O)O1)[C@]34O)O2. The average Bonchev–Trinajstić information content (AvgIpc) is 3.60. The fraction of sp³-hybridized carbons (Fsp3) is 0.812. The van der Waals surface area contributed by atoms with E-state index >= 15 is 0 Å². The van der Waals surface area contributed by atoms with Crippen LogP contribution < -0.4 is 0 Å². The van der Waals surface area contributed by atoms with E-state index in [1.165, 1.54) is 6.08 Å². The van der Waals surface area contributed by atoms with Gasteiger partial charge in [0.05, 0.1) is 55.9 Å². The number of hydrogen-bond acceptors (Lipinski definition) is 15. The molecule has 63 heavy (non-hydrogen) atoms. The van der Waals surface area contributed by atoms with E-state index in [9.17, 15) is 25.2 Å². The van der Waals surface area contributed by atoms with Gasteiger partial charge in [0, 0.05) is 52.2 Å². The molecule has 6 aliphatic heterocycles. The minimum Gasteiger partial charge on any atom is -0.462 e. The lowest BCUT2D eigenvalue weighted by Gasteiger charge is -2.51. The molecule has 5 saturated heterocycles. The first-order chi connectivity index (χ1) is 30.0. The van der Waals surface area contributed by atoms with Gasteiger partial charge >= 0.3 is 5.97 Å². The van der Waals surface area contributed by atoms with Crippen molar-refractivity contribution >= 4 is 5.97 Å². The second kappa shape index (κ2) is 20.4. The summed E-state index contributed by atoms with van der Waals surface area (Å²) in [6.45, 7) is 13.8. The van der Waals surface area contributed by atoms with Crippen LogP contribution in [-0.4, -0.2) is 151 Å². The molecule has 2 bridgehead atoms. The normalized spacial score (nSPS) is 48.8. The Bertz CT molecular complexity index is 1690. The van der Waals surface area contributed by atoms with Crippen molar-refractivity contribution in [3.05, 3.63) is 47.1 Å². The van der Waals surface area contributed by atoms with Gasteiger partial charge in [-0.1, -0.05) is 64.5 Å². The molecule has 0 aromatic rings. The number of carbonyl (C=O) groups excluding carboxylic acids is 1. The molecule has 5 fully saturated rings. The Hall–Kier alpha value is -2.09. The van der Waals surface area contributed by atoms with Crippen molar-refractivity contribution in [2.24, 2.45) is 23.7 Å². The van der Waals surface area contributed by atoms with Crippen LogP contribution in [0.3, 0.4) is 0 Å². The molecule has 15 nitrogen and oxygen atoms in total. The van der Waals surface area contributed by atoms with Crippen LogP contribution >= 0.6 is 0 Å². The number of rotatable bonds is 9. The van der Waals surface area contributed by atoms with Crippen molar-refractivity contribution in [3.8, 4) is 0 Å². The smallest absolute Gasteiger partial charge is 0.316 e. The summed E-state index contributed by atoms with van der Waals surface area (Å²) in [6, 6.07) is 0. The van der Waals surface area contributed by atoms with Crippen LogP contribution in [0, 0.1) is 23.7 Å². The van der Waals surface area contributed by atoms with Gasteiger partial charge < -0.3 is 67.8 Å². The summed E-state index contributed by atoms with van der Waals surface area (Å²) < 4.78 is 63.8. The quantitative estimate of drug-likeness (QED) is 0.186. The molecule has 0 aromatic heterocycles. The van der Waals surface area contributed by atoms with Crippen molar-refractivity contribution in [2.75, 3.05) is 27.4 Å². The molecule has 0 saturated carbocycles. The molecule has 0 unspecified atom stereocenters. The fourth-order valence-corrected chi connectivity index (χ4v) is 11.0. The zero-order valence-electron chi connectivity index (χ0n) is 38.6. The lowest BCUT2D eigenvalue weighted by molar-refractivity contribution is -0.340. The number of carbonyl (C=O) groups is 1.